The van der Waals surface area contributed by atoms with E-state index in [0.29, 0.717) is 19.4 Å². The molecular weight excluding hydrogens is 286 g/mol. The second-order valence-corrected chi connectivity index (χ2v) is 5.96. The molecular formula is C20H25NO2. The molecule has 0 radical (unpaired) electrons. The van der Waals surface area contributed by atoms with Gasteiger partial charge in [-0.05, 0) is 30.9 Å². The Hall–Kier alpha value is -2.13. The summed E-state index contributed by atoms with van der Waals surface area (Å²) < 4.78 is 0. The van der Waals surface area contributed by atoms with Crippen LogP contribution in [-0.2, 0) is 10.2 Å². The number of hydrogen-bond acceptors (Lipinski definition) is 2. The second kappa shape index (κ2) is 7.93. The number of rotatable bonds is 7. The maximum atomic E-state index is 12.9. The van der Waals surface area contributed by atoms with Crippen LogP contribution in [0.15, 0.2) is 60.7 Å². The standard InChI is InChI=1S/C20H25NO2/c1-3-18(22)14-15-21-19(23)20(2,16-10-6-4-7-11-16)17-12-8-5-9-13-17/h4-13,18,22H,3,14-15H2,1-2H3,(H,21,23). The molecule has 0 saturated carbocycles. The molecule has 2 rings (SSSR count). The van der Waals surface area contributed by atoms with Gasteiger partial charge in [0.1, 0.15) is 0 Å². The van der Waals surface area contributed by atoms with Gasteiger partial charge in [0.25, 0.3) is 0 Å². The Morgan fingerprint density at radius 1 is 1.04 bits per heavy atom. The molecule has 2 aromatic rings. The zero-order chi connectivity index (χ0) is 16.7. The van der Waals surface area contributed by atoms with Gasteiger partial charge < -0.3 is 10.4 Å². The van der Waals surface area contributed by atoms with Crippen LogP contribution >= 0.6 is 0 Å². The van der Waals surface area contributed by atoms with E-state index in [0.717, 1.165) is 11.1 Å². The highest BCUT2D eigenvalue weighted by atomic mass is 16.3. The van der Waals surface area contributed by atoms with Gasteiger partial charge in [0.15, 0.2) is 0 Å². The lowest BCUT2D eigenvalue weighted by atomic mass is 9.75. The molecule has 0 fully saturated rings. The molecule has 0 bridgehead atoms. The first-order chi connectivity index (χ1) is 11.1. The molecule has 2 aromatic carbocycles. The first kappa shape index (κ1) is 17.2. The Bertz CT molecular complexity index is 571. The maximum absolute atomic E-state index is 12.9. The van der Waals surface area contributed by atoms with Crippen LogP contribution in [0.1, 0.15) is 37.8 Å². The summed E-state index contributed by atoms with van der Waals surface area (Å²) in [5, 5.41) is 12.6. The predicted molar refractivity (Wildman–Crippen MR) is 93.3 cm³/mol. The number of aliphatic hydroxyl groups excluding tert-OH is 1. The number of carbonyl (C=O) groups excluding carboxylic acids is 1. The van der Waals surface area contributed by atoms with Crippen LogP contribution in [-0.4, -0.2) is 23.7 Å². The highest BCUT2D eigenvalue weighted by molar-refractivity contribution is 5.91. The lowest BCUT2D eigenvalue weighted by Crippen LogP contribution is -2.44. The van der Waals surface area contributed by atoms with E-state index >= 15 is 0 Å². The van der Waals surface area contributed by atoms with Crippen molar-refractivity contribution in [3.8, 4) is 0 Å². The summed E-state index contributed by atoms with van der Waals surface area (Å²) in [6.07, 6.45) is 0.905. The number of hydrogen-bond donors (Lipinski definition) is 2. The van der Waals surface area contributed by atoms with Gasteiger partial charge in [-0.3, -0.25) is 4.79 Å². The molecule has 1 amide bonds. The molecule has 0 aliphatic rings. The Balaban J connectivity index is 2.26. The van der Waals surface area contributed by atoms with E-state index in [-0.39, 0.29) is 12.0 Å². The van der Waals surface area contributed by atoms with Gasteiger partial charge in [-0.1, -0.05) is 67.6 Å². The maximum Gasteiger partial charge on any atom is 0.234 e. The Labute approximate surface area is 138 Å². The van der Waals surface area contributed by atoms with Crippen molar-refractivity contribution in [3.63, 3.8) is 0 Å². The first-order valence-electron chi connectivity index (χ1n) is 8.16. The van der Waals surface area contributed by atoms with Gasteiger partial charge in [0.05, 0.1) is 11.5 Å². The van der Waals surface area contributed by atoms with Crippen molar-refractivity contribution < 1.29 is 9.90 Å². The third kappa shape index (κ3) is 3.99. The van der Waals surface area contributed by atoms with Crippen LogP contribution < -0.4 is 5.32 Å². The first-order valence-corrected chi connectivity index (χ1v) is 8.16. The van der Waals surface area contributed by atoms with Gasteiger partial charge in [-0.2, -0.15) is 0 Å². The zero-order valence-electron chi connectivity index (χ0n) is 13.8. The summed E-state index contributed by atoms with van der Waals surface area (Å²) in [7, 11) is 0. The average Bonchev–Trinajstić information content (AvgIpc) is 2.62. The molecule has 3 nitrogen and oxygen atoms in total. The Kier molecular flexibility index (Phi) is 5.94. The topological polar surface area (TPSA) is 49.3 Å². The van der Waals surface area contributed by atoms with Crippen LogP contribution in [0.4, 0.5) is 0 Å². The molecule has 0 saturated heterocycles. The average molecular weight is 311 g/mol. The van der Waals surface area contributed by atoms with Gasteiger partial charge >= 0.3 is 0 Å². The quantitative estimate of drug-likeness (QED) is 0.824. The van der Waals surface area contributed by atoms with Crippen LogP contribution in [0.5, 0.6) is 0 Å². The van der Waals surface area contributed by atoms with Crippen LogP contribution in [0.25, 0.3) is 0 Å². The smallest absolute Gasteiger partial charge is 0.234 e. The molecule has 0 spiro atoms. The molecule has 23 heavy (non-hydrogen) atoms. The third-order valence-electron chi connectivity index (χ3n) is 4.39. The summed E-state index contributed by atoms with van der Waals surface area (Å²) in [6, 6.07) is 19.6. The fraction of sp³-hybridized carbons (Fsp3) is 0.350. The number of benzene rings is 2. The molecule has 0 aromatic heterocycles. The molecule has 0 aliphatic carbocycles. The van der Waals surface area contributed by atoms with Crippen molar-refractivity contribution in [2.45, 2.75) is 38.2 Å². The fourth-order valence-corrected chi connectivity index (χ4v) is 2.71. The number of aliphatic hydroxyl groups is 1. The highest BCUT2D eigenvalue weighted by Gasteiger charge is 2.36. The zero-order valence-corrected chi connectivity index (χ0v) is 13.8. The van der Waals surface area contributed by atoms with E-state index in [1.165, 1.54) is 0 Å². The minimum atomic E-state index is -0.750. The van der Waals surface area contributed by atoms with Crippen molar-refractivity contribution in [2.24, 2.45) is 0 Å². The van der Waals surface area contributed by atoms with E-state index in [4.69, 9.17) is 0 Å². The van der Waals surface area contributed by atoms with Crippen molar-refractivity contribution >= 4 is 5.91 Å². The minimum absolute atomic E-state index is 0.0433. The van der Waals surface area contributed by atoms with Crippen LogP contribution in [0.3, 0.4) is 0 Å². The van der Waals surface area contributed by atoms with Gasteiger partial charge in [-0.15, -0.1) is 0 Å². The normalized spacial score (nSPS) is 12.7. The number of carbonyl (C=O) groups is 1. The van der Waals surface area contributed by atoms with E-state index in [1.807, 2.05) is 74.5 Å². The van der Waals surface area contributed by atoms with Crippen LogP contribution in [0, 0.1) is 0 Å². The Morgan fingerprint density at radius 3 is 1.96 bits per heavy atom. The summed E-state index contributed by atoms with van der Waals surface area (Å²) in [4.78, 5) is 12.9. The van der Waals surface area contributed by atoms with Crippen LogP contribution in [0.2, 0.25) is 0 Å². The largest absolute Gasteiger partial charge is 0.393 e. The number of nitrogens with one attached hydrogen (secondary N) is 1. The van der Waals surface area contributed by atoms with Gasteiger partial charge in [0.2, 0.25) is 5.91 Å². The fourth-order valence-electron chi connectivity index (χ4n) is 2.71. The minimum Gasteiger partial charge on any atom is -0.393 e. The van der Waals surface area contributed by atoms with E-state index in [1.54, 1.807) is 0 Å². The van der Waals surface area contributed by atoms with Gasteiger partial charge in [0, 0.05) is 6.54 Å². The van der Waals surface area contributed by atoms with Crippen molar-refractivity contribution in [3.05, 3.63) is 71.8 Å². The van der Waals surface area contributed by atoms with E-state index in [9.17, 15) is 9.90 Å². The third-order valence-corrected chi connectivity index (χ3v) is 4.39. The highest BCUT2D eigenvalue weighted by Crippen LogP contribution is 2.32. The number of amides is 1. The molecule has 2 N–H and O–H groups in total. The van der Waals surface area contributed by atoms with Gasteiger partial charge in [-0.25, -0.2) is 0 Å². The van der Waals surface area contributed by atoms with Crippen molar-refractivity contribution in [2.75, 3.05) is 6.54 Å². The van der Waals surface area contributed by atoms with Crippen molar-refractivity contribution in [1.82, 2.24) is 5.32 Å². The summed E-state index contributed by atoms with van der Waals surface area (Å²) in [6.45, 7) is 4.36. The lowest BCUT2D eigenvalue weighted by Gasteiger charge is -2.30. The lowest BCUT2D eigenvalue weighted by molar-refractivity contribution is -0.124. The molecule has 0 heterocycles. The SMILES string of the molecule is CCC(O)CCNC(=O)C(C)(c1ccccc1)c1ccccc1. The van der Waals surface area contributed by atoms with E-state index in [2.05, 4.69) is 5.32 Å². The summed E-state index contributed by atoms with van der Waals surface area (Å²) >= 11 is 0. The Morgan fingerprint density at radius 2 is 1.52 bits per heavy atom. The monoisotopic (exact) mass is 311 g/mol. The van der Waals surface area contributed by atoms with E-state index < -0.39 is 5.41 Å². The molecule has 0 aliphatic heterocycles. The molecule has 122 valence electrons. The predicted octanol–water partition coefficient (Wildman–Crippen LogP) is 3.27. The summed E-state index contributed by atoms with van der Waals surface area (Å²) in [5.41, 5.74) is 1.17. The molecule has 1 unspecified atom stereocenters. The molecule has 3 heteroatoms. The second-order valence-electron chi connectivity index (χ2n) is 5.96. The van der Waals surface area contributed by atoms with Crippen molar-refractivity contribution in [1.29, 1.82) is 0 Å². The molecule has 1 atom stereocenters. The summed E-state index contributed by atoms with van der Waals surface area (Å²) in [5.74, 6) is -0.0433.